The molecule has 5 nitrogen and oxygen atoms in total. The first kappa shape index (κ1) is 17.0. The molecule has 128 valence electrons. The molecule has 0 fully saturated rings. The summed E-state index contributed by atoms with van der Waals surface area (Å²) >= 11 is 0. The van der Waals surface area contributed by atoms with Gasteiger partial charge in [-0.1, -0.05) is 30.3 Å². The number of halogens is 1. The van der Waals surface area contributed by atoms with Gasteiger partial charge in [0.25, 0.3) is 0 Å². The van der Waals surface area contributed by atoms with E-state index in [0.717, 1.165) is 16.6 Å². The van der Waals surface area contributed by atoms with Gasteiger partial charge in [0.05, 0.1) is 24.6 Å². The number of hydrogen-bond acceptors (Lipinski definition) is 4. The molecule has 1 amide bonds. The van der Waals surface area contributed by atoms with Gasteiger partial charge in [0.1, 0.15) is 11.6 Å². The number of hydrogen-bond donors (Lipinski definition) is 2. The maximum absolute atomic E-state index is 13.0. The van der Waals surface area contributed by atoms with E-state index in [-0.39, 0.29) is 24.9 Å². The zero-order valence-electron chi connectivity index (χ0n) is 13.7. The highest BCUT2D eigenvalue weighted by atomic mass is 19.1. The molecule has 0 aliphatic carbocycles. The molecule has 3 rings (SSSR count). The highest BCUT2D eigenvalue weighted by Crippen LogP contribution is 2.17. The summed E-state index contributed by atoms with van der Waals surface area (Å²) in [5, 5.41) is 13.2. The van der Waals surface area contributed by atoms with Crippen molar-refractivity contribution in [3.05, 3.63) is 71.4 Å². The average molecular weight is 339 g/mol. The average Bonchev–Trinajstić information content (AvgIpc) is 2.62. The van der Waals surface area contributed by atoms with Gasteiger partial charge in [-0.05, 0) is 30.7 Å². The van der Waals surface area contributed by atoms with Crippen molar-refractivity contribution in [2.45, 2.75) is 19.4 Å². The first-order valence-electron chi connectivity index (χ1n) is 7.95. The number of para-hydroxylation sites is 1. The maximum atomic E-state index is 13.0. The Labute approximate surface area is 144 Å². The zero-order chi connectivity index (χ0) is 17.8. The lowest BCUT2D eigenvalue weighted by Crippen LogP contribution is -2.31. The van der Waals surface area contributed by atoms with Gasteiger partial charge in [-0.15, -0.1) is 0 Å². The number of carbonyl (C=O) groups excluding carboxylic acids is 1. The molecule has 2 N–H and O–H groups in total. The number of aromatic nitrogens is 2. The van der Waals surface area contributed by atoms with Gasteiger partial charge in [-0.3, -0.25) is 4.79 Å². The lowest BCUT2D eigenvalue weighted by atomic mass is 9.99. The molecule has 0 bridgehead atoms. The molecule has 0 radical (unpaired) electrons. The fourth-order valence-electron chi connectivity index (χ4n) is 2.70. The lowest BCUT2D eigenvalue weighted by molar-refractivity contribution is -0.123. The molecular weight excluding hydrogens is 321 g/mol. The van der Waals surface area contributed by atoms with Crippen molar-refractivity contribution in [3.63, 3.8) is 0 Å². The molecule has 0 saturated carbocycles. The Balaban J connectivity index is 1.73. The van der Waals surface area contributed by atoms with Crippen molar-refractivity contribution in [2.24, 2.45) is 0 Å². The Morgan fingerprint density at radius 1 is 1.16 bits per heavy atom. The van der Waals surface area contributed by atoms with Crippen LogP contribution in [0.5, 0.6) is 0 Å². The van der Waals surface area contributed by atoms with Crippen LogP contribution in [0.2, 0.25) is 0 Å². The Kier molecular flexibility index (Phi) is 5.00. The summed E-state index contributed by atoms with van der Waals surface area (Å²) in [5.41, 5.74) is 2.21. The van der Waals surface area contributed by atoms with Crippen LogP contribution in [-0.2, 0) is 11.3 Å². The van der Waals surface area contributed by atoms with Crippen molar-refractivity contribution < 1.29 is 14.3 Å². The molecule has 1 heterocycles. The Bertz CT molecular complexity index is 897. The van der Waals surface area contributed by atoms with Crippen LogP contribution < -0.4 is 5.32 Å². The standard InChI is InChI=1S/C19H18FN3O2/c1-12-15-4-2-3-5-17(15)23-18(22-12)10-21-19(25)16(11-24)13-6-8-14(20)9-7-13/h2-9,16,24H,10-11H2,1H3,(H,21,25). The number of amides is 1. The van der Waals surface area contributed by atoms with Gasteiger partial charge in [-0.2, -0.15) is 0 Å². The monoisotopic (exact) mass is 339 g/mol. The van der Waals surface area contributed by atoms with Gasteiger partial charge >= 0.3 is 0 Å². The highest BCUT2D eigenvalue weighted by Gasteiger charge is 2.20. The number of nitrogens with zero attached hydrogens (tertiary/aromatic N) is 2. The van der Waals surface area contributed by atoms with Crippen molar-refractivity contribution in [3.8, 4) is 0 Å². The van der Waals surface area contributed by atoms with E-state index in [2.05, 4.69) is 15.3 Å². The second-order valence-corrected chi connectivity index (χ2v) is 5.75. The quantitative estimate of drug-likeness (QED) is 0.749. The summed E-state index contributed by atoms with van der Waals surface area (Å²) < 4.78 is 13.0. The Morgan fingerprint density at radius 2 is 1.88 bits per heavy atom. The van der Waals surface area contributed by atoms with E-state index >= 15 is 0 Å². The second-order valence-electron chi connectivity index (χ2n) is 5.75. The number of fused-ring (bicyclic) bond motifs is 1. The molecule has 0 aliphatic rings. The highest BCUT2D eigenvalue weighted by molar-refractivity contribution is 5.84. The smallest absolute Gasteiger partial charge is 0.230 e. The van der Waals surface area contributed by atoms with E-state index < -0.39 is 5.92 Å². The van der Waals surface area contributed by atoms with Crippen LogP contribution in [-0.4, -0.2) is 27.6 Å². The third kappa shape index (κ3) is 3.80. The fraction of sp³-hybridized carbons (Fsp3) is 0.211. The van der Waals surface area contributed by atoms with Crippen molar-refractivity contribution in [1.82, 2.24) is 15.3 Å². The van der Waals surface area contributed by atoms with Crippen LogP contribution >= 0.6 is 0 Å². The summed E-state index contributed by atoms with van der Waals surface area (Å²) in [6.45, 7) is 1.68. The molecule has 0 spiro atoms. The molecule has 0 saturated heterocycles. The fourth-order valence-corrected chi connectivity index (χ4v) is 2.70. The van der Waals surface area contributed by atoms with E-state index in [9.17, 15) is 14.3 Å². The van der Waals surface area contributed by atoms with E-state index in [4.69, 9.17) is 0 Å². The molecule has 2 aromatic carbocycles. The topological polar surface area (TPSA) is 75.1 Å². The number of rotatable bonds is 5. The van der Waals surface area contributed by atoms with E-state index in [1.54, 1.807) is 0 Å². The van der Waals surface area contributed by atoms with Gasteiger partial charge in [-0.25, -0.2) is 14.4 Å². The van der Waals surface area contributed by atoms with Gasteiger partial charge < -0.3 is 10.4 Å². The summed E-state index contributed by atoms with van der Waals surface area (Å²) in [5.74, 6) is -1.01. The Hall–Kier alpha value is -2.86. The third-order valence-corrected chi connectivity index (χ3v) is 4.03. The van der Waals surface area contributed by atoms with Crippen molar-refractivity contribution in [2.75, 3.05) is 6.61 Å². The SMILES string of the molecule is Cc1nc(CNC(=O)C(CO)c2ccc(F)cc2)nc2ccccc12. The van der Waals surface area contributed by atoms with E-state index in [1.165, 1.54) is 24.3 Å². The molecule has 1 aromatic heterocycles. The molecular formula is C19H18FN3O2. The molecule has 25 heavy (non-hydrogen) atoms. The number of benzene rings is 2. The first-order chi connectivity index (χ1) is 12.1. The number of carbonyl (C=O) groups is 1. The van der Waals surface area contributed by atoms with Crippen LogP contribution in [0.15, 0.2) is 48.5 Å². The summed E-state index contributed by atoms with van der Waals surface area (Å²) in [4.78, 5) is 21.2. The summed E-state index contributed by atoms with van der Waals surface area (Å²) in [6.07, 6.45) is 0. The minimum Gasteiger partial charge on any atom is -0.395 e. The van der Waals surface area contributed by atoms with Crippen molar-refractivity contribution >= 4 is 16.8 Å². The predicted octanol–water partition coefficient (Wildman–Crippen LogP) is 2.47. The normalized spacial score (nSPS) is 12.1. The third-order valence-electron chi connectivity index (χ3n) is 4.03. The lowest BCUT2D eigenvalue weighted by Gasteiger charge is -2.15. The molecule has 3 aromatic rings. The van der Waals surface area contributed by atoms with Crippen molar-refractivity contribution in [1.29, 1.82) is 0 Å². The second kappa shape index (κ2) is 7.36. The number of aliphatic hydroxyl groups is 1. The molecule has 6 heteroatoms. The molecule has 1 atom stereocenters. The predicted molar refractivity (Wildman–Crippen MR) is 92.3 cm³/mol. The number of aryl methyl sites for hydroxylation is 1. The van der Waals surface area contributed by atoms with Crippen LogP contribution in [0.4, 0.5) is 4.39 Å². The van der Waals surface area contributed by atoms with Crippen LogP contribution in [0.3, 0.4) is 0 Å². The van der Waals surface area contributed by atoms with Crippen LogP contribution in [0.1, 0.15) is 23.0 Å². The maximum Gasteiger partial charge on any atom is 0.230 e. The zero-order valence-corrected chi connectivity index (χ0v) is 13.7. The first-order valence-corrected chi connectivity index (χ1v) is 7.95. The minimum atomic E-state index is -0.762. The molecule has 0 aliphatic heterocycles. The van der Waals surface area contributed by atoms with Gasteiger partial charge in [0.15, 0.2) is 0 Å². The Morgan fingerprint density at radius 3 is 2.60 bits per heavy atom. The molecule has 1 unspecified atom stereocenters. The number of nitrogens with one attached hydrogen (secondary N) is 1. The van der Waals surface area contributed by atoms with Crippen LogP contribution in [0, 0.1) is 12.7 Å². The van der Waals surface area contributed by atoms with E-state index in [1.807, 2.05) is 31.2 Å². The largest absolute Gasteiger partial charge is 0.395 e. The summed E-state index contributed by atoms with van der Waals surface area (Å²) in [6, 6.07) is 13.2. The number of aliphatic hydroxyl groups excluding tert-OH is 1. The van der Waals surface area contributed by atoms with Gasteiger partial charge in [0.2, 0.25) is 5.91 Å². The minimum absolute atomic E-state index is 0.155. The van der Waals surface area contributed by atoms with Gasteiger partial charge in [0, 0.05) is 11.1 Å². The summed E-state index contributed by atoms with van der Waals surface area (Å²) in [7, 11) is 0. The van der Waals surface area contributed by atoms with E-state index in [0.29, 0.717) is 11.4 Å². The van der Waals surface area contributed by atoms with Crippen LogP contribution in [0.25, 0.3) is 10.9 Å².